The summed E-state index contributed by atoms with van der Waals surface area (Å²) in [6.45, 7) is 2.70. The van der Waals surface area contributed by atoms with Crippen LogP contribution < -0.4 is 5.32 Å². The maximum atomic E-state index is 11.5. The second-order valence-electron chi connectivity index (χ2n) is 4.69. The molecule has 0 aromatic heterocycles. The van der Waals surface area contributed by atoms with Gasteiger partial charge in [-0.05, 0) is 19.4 Å². The minimum atomic E-state index is -2.83. The zero-order chi connectivity index (χ0) is 11.6. The topological polar surface area (TPSA) is 69.6 Å². The van der Waals surface area contributed by atoms with Crippen LogP contribution in [0.2, 0.25) is 0 Å². The molecule has 2 N–H and O–H groups in total. The Hall–Kier alpha value is -0.170. The summed E-state index contributed by atoms with van der Waals surface area (Å²) >= 11 is 0. The highest BCUT2D eigenvalue weighted by Crippen LogP contribution is 2.20. The van der Waals surface area contributed by atoms with E-state index in [-0.39, 0.29) is 24.4 Å². The van der Waals surface area contributed by atoms with Crippen molar-refractivity contribution >= 4 is 9.84 Å². The Kier molecular flexibility index (Phi) is 3.84. The van der Waals surface area contributed by atoms with Crippen LogP contribution >= 0.6 is 0 Å². The molecule has 2 rings (SSSR count). The summed E-state index contributed by atoms with van der Waals surface area (Å²) in [5.74, 6) is 0.573. The van der Waals surface area contributed by atoms with E-state index in [9.17, 15) is 13.5 Å². The molecule has 2 saturated heterocycles. The SMILES string of the molecule is O=S1(=O)CCC(N2CCCNCC2CO)C1. The summed E-state index contributed by atoms with van der Waals surface area (Å²) in [5.41, 5.74) is 0. The van der Waals surface area contributed by atoms with Crippen LogP contribution in [0, 0.1) is 0 Å². The van der Waals surface area contributed by atoms with Gasteiger partial charge in [0.05, 0.1) is 18.1 Å². The number of sulfone groups is 1. The zero-order valence-corrected chi connectivity index (χ0v) is 10.2. The third kappa shape index (κ3) is 2.74. The Balaban J connectivity index is 2.05. The number of aliphatic hydroxyl groups excluding tert-OH is 1. The van der Waals surface area contributed by atoms with Crippen LogP contribution in [0.5, 0.6) is 0 Å². The Morgan fingerprint density at radius 1 is 1.44 bits per heavy atom. The highest BCUT2D eigenvalue weighted by atomic mass is 32.2. The van der Waals surface area contributed by atoms with Crippen molar-refractivity contribution in [3.8, 4) is 0 Å². The van der Waals surface area contributed by atoms with E-state index < -0.39 is 9.84 Å². The fraction of sp³-hybridized carbons (Fsp3) is 1.00. The molecule has 2 aliphatic heterocycles. The summed E-state index contributed by atoms with van der Waals surface area (Å²) in [5, 5.41) is 12.6. The number of rotatable bonds is 2. The second-order valence-corrected chi connectivity index (χ2v) is 6.92. The third-order valence-corrected chi connectivity index (χ3v) is 5.26. The largest absolute Gasteiger partial charge is 0.395 e. The monoisotopic (exact) mass is 248 g/mol. The number of nitrogens with one attached hydrogen (secondary N) is 1. The van der Waals surface area contributed by atoms with Gasteiger partial charge in [0.15, 0.2) is 9.84 Å². The number of hydrogen-bond donors (Lipinski definition) is 2. The van der Waals surface area contributed by atoms with Gasteiger partial charge in [0, 0.05) is 25.2 Å². The van der Waals surface area contributed by atoms with Gasteiger partial charge in [-0.25, -0.2) is 8.42 Å². The molecular formula is C10H20N2O3S. The van der Waals surface area contributed by atoms with Crippen molar-refractivity contribution in [3.05, 3.63) is 0 Å². The molecule has 2 heterocycles. The van der Waals surface area contributed by atoms with Gasteiger partial charge in [-0.15, -0.1) is 0 Å². The molecule has 2 unspecified atom stereocenters. The minimum absolute atomic E-state index is 0.0702. The van der Waals surface area contributed by atoms with Crippen LogP contribution in [0.25, 0.3) is 0 Å². The van der Waals surface area contributed by atoms with Gasteiger partial charge in [-0.3, -0.25) is 4.90 Å². The number of aliphatic hydroxyl groups is 1. The Labute approximate surface area is 96.7 Å². The molecule has 0 amide bonds. The van der Waals surface area contributed by atoms with Gasteiger partial charge < -0.3 is 10.4 Å². The van der Waals surface area contributed by atoms with Gasteiger partial charge in [-0.2, -0.15) is 0 Å². The average molecular weight is 248 g/mol. The van der Waals surface area contributed by atoms with Crippen molar-refractivity contribution < 1.29 is 13.5 Å². The van der Waals surface area contributed by atoms with Crippen LogP contribution in [-0.2, 0) is 9.84 Å². The summed E-state index contributed by atoms with van der Waals surface area (Å²) in [6, 6.07) is 0.183. The maximum absolute atomic E-state index is 11.5. The van der Waals surface area contributed by atoms with Crippen LogP contribution in [0.4, 0.5) is 0 Å². The number of hydrogen-bond acceptors (Lipinski definition) is 5. The van der Waals surface area contributed by atoms with Gasteiger partial charge in [0.25, 0.3) is 0 Å². The predicted octanol–water partition coefficient (Wildman–Crippen LogP) is -1.17. The highest BCUT2D eigenvalue weighted by Gasteiger charge is 2.35. The molecule has 2 fully saturated rings. The van der Waals surface area contributed by atoms with Gasteiger partial charge in [-0.1, -0.05) is 0 Å². The molecule has 94 valence electrons. The first-order chi connectivity index (χ1) is 7.62. The van der Waals surface area contributed by atoms with E-state index in [1.165, 1.54) is 0 Å². The van der Waals surface area contributed by atoms with Gasteiger partial charge in [0.2, 0.25) is 0 Å². The van der Waals surface area contributed by atoms with Crippen LogP contribution in [0.1, 0.15) is 12.8 Å². The quantitative estimate of drug-likeness (QED) is 0.644. The molecule has 2 atom stereocenters. The lowest BCUT2D eigenvalue weighted by Gasteiger charge is -2.33. The summed E-state index contributed by atoms with van der Waals surface area (Å²) < 4.78 is 22.9. The first-order valence-electron chi connectivity index (χ1n) is 5.90. The van der Waals surface area contributed by atoms with E-state index in [4.69, 9.17) is 0 Å². The summed E-state index contributed by atoms with van der Waals surface area (Å²) in [4.78, 5) is 2.19. The average Bonchev–Trinajstić information content (AvgIpc) is 2.50. The Bertz CT molecular complexity index is 331. The van der Waals surface area contributed by atoms with Gasteiger partial charge >= 0.3 is 0 Å². The first kappa shape index (κ1) is 12.3. The van der Waals surface area contributed by atoms with E-state index in [1.807, 2.05) is 0 Å². The Morgan fingerprint density at radius 2 is 2.25 bits per heavy atom. The summed E-state index contributed by atoms with van der Waals surface area (Å²) in [6.07, 6.45) is 1.74. The maximum Gasteiger partial charge on any atom is 0.151 e. The molecule has 0 bridgehead atoms. The standard InChI is InChI=1S/C10H20N2O3S/c13-7-10-6-11-3-1-4-12(10)9-2-5-16(14,15)8-9/h9-11,13H,1-8H2. The van der Waals surface area contributed by atoms with Crippen molar-refractivity contribution in [1.82, 2.24) is 10.2 Å². The molecule has 0 spiro atoms. The minimum Gasteiger partial charge on any atom is -0.395 e. The van der Waals surface area contributed by atoms with E-state index in [0.717, 1.165) is 32.5 Å². The second kappa shape index (κ2) is 5.00. The van der Waals surface area contributed by atoms with Crippen LogP contribution in [0.15, 0.2) is 0 Å². The lowest BCUT2D eigenvalue weighted by atomic mass is 10.1. The van der Waals surface area contributed by atoms with Crippen LogP contribution in [0.3, 0.4) is 0 Å². The van der Waals surface area contributed by atoms with Crippen molar-refractivity contribution in [3.63, 3.8) is 0 Å². The van der Waals surface area contributed by atoms with E-state index in [2.05, 4.69) is 10.2 Å². The number of nitrogens with zero attached hydrogens (tertiary/aromatic N) is 1. The molecule has 16 heavy (non-hydrogen) atoms. The Morgan fingerprint density at radius 3 is 2.88 bits per heavy atom. The van der Waals surface area contributed by atoms with Gasteiger partial charge in [0.1, 0.15) is 0 Å². The summed E-state index contributed by atoms with van der Waals surface area (Å²) in [7, 11) is -2.83. The fourth-order valence-corrected chi connectivity index (χ4v) is 4.38. The normalized spacial score (nSPS) is 36.1. The van der Waals surface area contributed by atoms with Crippen molar-refractivity contribution in [2.24, 2.45) is 0 Å². The smallest absolute Gasteiger partial charge is 0.151 e. The van der Waals surface area contributed by atoms with Crippen molar-refractivity contribution in [1.29, 1.82) is 0 Å². The molecule has 5 nitrogen and oxygen atoms in total. The molecule has 0 aromatic carbocycles. The van der Waals surface area contributed by atoms with Crippen LogP contribution in [-0.4, -0.2) is 68.3 Å². The zero-order valence-electron chi connectivity index (χ0n) is 9.43. The lowest BCUT2D eigenvalue weighted by molar-refractivity contribution is 0.101. The molecule has 2 aliphatic rings. The van der Waals surface area contributed by atoms with E-state index >= 15 is 0 Å². The van der Waals surface area contributed by atoms with Crippen molar-refractivity contribution in [2.75, 3.05) is 37.7 Å². The fourth-order valence-electron chi connectivity index (χ4n) is 2.64. The predicted molar refractivity (Wildman–Crippen MR) is 62.1 cm³/mol. The lowest BCUT2D eigenvalue weighted by Crippen LogP contribution is -2.48. The molecular weight excluding hydrogens is 228 g/mol. The molecule has 0 aromatic rings. The third-order valence-electron chi connectivity index (χ3n) is 3.51. The first-order valence-corrected chi connectivity index (χ1v) is 7.72. The molecule has 0 saturated carbocycles. The van der Waals surface area contributed by atoms with Crippen molar-refractivity contribution in [2.45, 2.75) is 24.9 Å². The van der Waals surface area contributed by atoms with E-state index in [0.29, 0.717) is 5.75 Å². The molecule has 6 heteroatoms. The molecule has 0 aliphatic carbocycles. The van der Waals surface area contributed by atoms with E-state index in [1.54, 1.807) is 0 Å². The highest BCUT2D eigenvalue weighted by molar-refractivity contribution is 7.91. The molecule has 0 radical (unpaired) electrons.